The Morgan fingerprint density at radius 1 is 1.17 bits per heavy atom. The van der Waals surface area contributed by atoms with Crippen molar-refractivity contribution in [1.82, 2.24) is 29.3 Å². The Morgan fingerprint density at radius 2 is 1.95 bits per heavy atom. The Hall–Kier alpha value is -4.26. The van der Waals surface area contributed by atoms with Gasteiger partial charge in [-0.15, -0.1) is 11.3 Å². The number of amides is 3. The molecule has 2 aliphatic rings. The highest BCUT2D eigenvalue weighted by Gasteiger charge is 2.34. The number of carbonyl (C=O) groups excluding carboxylic acids is 3. The number of ether oxygens (including phenoxy) is 1. The summed E-state index contributed by atoms with van der Waals surface area (Å²) < 4.78 is 9.38. The minimum absolute atomic E-state index is 0.110. The first-order valence-electron chi connectivity index (χ1n) is 13.9. The molecule has 0 radical (unpaired) electrons. The van der Waals surface area contributed by atoms with E-state index in [2.05, 4.69) is 43.6 Å². The maximum atomic E-state index is 12.1. The first-order chi connectivity index (χ1) is 20.0. The van der Waals surface area contributed by atoms with Gasteiger partial charge in [-0.05, 0) is 53.5 Å². The van der Waals surface area contributed by atoms with Gasteiger partial charge >= 0.3 is 6.09 Å². The van der Waals surface area contributed by atoms with E-state index in [9.17, 15) is 14.4 Å². The molecule has 2 aliphatic heterocycles. The van der Waals surface area contributed by atoms with Gasteiger partial charge in [0.15, 0.2) is 0 Å². The average Bonchev–Trinajstić information content (AvgIpc) is 3.66. The molecular weight excluding hydrogens is 556 g/mol. The summed E-state index contributed by atoms with van der Waals surface area (Å²) in [6.45, 7) is 11.4. The molecule has 42 heavy (non-hydrogen) atoms. The largest absolute Gasteiger partial charge is 0.444 e. The third-order valence-corrected chi connectivity index (χ3v) is 8.28. The summed E-state index contributed by atoms with van der Waals surface area (Å²) in [5, 5.41) is 14.1. The summed E-state index contributed by atoms with van der Waals surface area (Å²) >= 11 is 1.80. The molecule has 2 N–H and O–H groups in total. The smallest absolute Gasteiger partial charge is 0.410 e. The molecule has 3 amide bonds. The highest BCUT2D eigenvalue weighted by atomic mass is 32.1. The molecule has 6 rings (SSSR count). The van der Waals surface area contributed by atoms with Crippen LogP contribution in [0.5, 0.6) is 0 Å². The number of thiazole rings is 1. The fourth-order valence-electron chi connectivity index (χ4n) is 4.95. The van der Waals surface area contributed by atoms with Crippen molar-refractivity contribution in [1.29, 1.82) is 0 Å². The lowest BCUT2D eigenvalue weighted by Crippen LogP contribution is -2.52. The molecular formula is C29H36N8O4S. The second-order valence-electron chi connectivity index (χ2n) is 11.6. The van der Waals surface area contributed by atoms with Gasteiger partial charge in [0, 0.05) is 55.0 Å². The van der Waals surface area contributed by atoms with Crippen molar-refractivity contribution in [2.45, 2.75) is 66.0 Å². The van der Waals surface area contributed by atoms with Gasteiger partial charge in [0.2, 0.25) is 12.3 Å². The Balaban J connectivity index is 0.000000179. The van der Waals surface area contributed by atoms with Crippen LogP contribution in [0.15, 0.2) is 30.9 Å². The molecule has 13 heteroatoms. The van der Waals surface area contributed by atoms with Crippen LogP contribution in [0.25, 0.3) is 15.3 Å². The van der Waals surface area contributed by atoms with Crippen molar-refractivity contribution in [2.75, 3.05) is 23.7 Å². The maximum absolute atomic E-state index is 12.1. The fraction of sp³-hybridized carbons (Fsp3) is 0.448. The lowest BCUT2D eigenvalue weighted by atomic mass is 9.96. The number of likely N-dealkylation sites (tertiary alicyclic amines) is 1. The predicted octanol–water partition coefficient (Wildman–Crippen LogP) is 4.67. The first-order valence-corrected chi connectivity index (χ1v) is 14.8. The zero-order valence-electron chi connectivity index (χ0n) is 24.5. The van der Waals surface area contributed by atoms with E-state index in [1.807, 2.05) is 37.7 Å². The minimum atomic E-state index is -0.523. The number of pyridine rings is 1. The molecule has 0 aliphatic carbocycles. The number of anilines is 2. The van der Waals surface area contributed by atoms with Crippen molar-refractivity contribution in [3.8, 4) is 10.4 Å². The van der Waals surface area contributed by atoms with Gasteiger partial charge in [0.1, 0.15) is 10.4 Å². The number of nitrogens with one attached hydrogen (secondary N) is 2. The molecule has 0 saturated carbocycles. The van der Waals surface area contributed by atoms with E-state index < -0.39 is 5.60 Å². The molecule has 4 aromatic rings. The van der Waals surface area contributed by atoms with E-state index in [0.29, 0.717) is 43.0 Å². The topological polar surface area (TPSA) is 136 Å². The Morgan fingerprint density at radius 3 is 2.67 bits per heavy atom. The van der Waals surface area contributed by atoms with E-state index in [0.717, 1.165) is 13.0 Å². The summed E-state index contributed by atoms with van der Waals surface area (Å²) in [7, 11) is 0. The molecule has 12 nitrogen and oxygen atoms in total. The predicted molar refractivity (Wildman–Crippen MR) is 161 cm³/mol. The lowest BCUT2D eigenvalue weighted by Gasteiger charge is -2.39. The van der Waals surface area contributed by atoms with Crippen LogP contribution in [0.4, 0.5) is 16.2 Å². The number of aromatic nitrogens is 5. The van der Waals surface area contributed by atoms with E-state index in [1.165, 1.54) is 39.1 Å². The normalized spacial score (nSPS) is 14.5. The van der Waals surface area contributed by atoms with Gasteiger partial charge in [-0.3, -0.25) is 19.3 Å². The first kappa shape index (κ1) is 29.2. The molecule has 0 atom stereocenters. The average molecular weight is 593 g/mol. The zero-order chi connectivity index (χ0) is 30.0. The van der Waals surface area contributed by atoms with Gasteiger partial charge in [0.05, 0.1) is 40.5 Å². The Kier molecular flexibility index (Phi) is 8.30. The third kappa shape index (κ3) is 6.62. The lowest BCUT2D eigenvalue weighted by molar-refractivity contribution is -0.118. The third-order valence-electron chi connectivity index (χ3n) is 7.03. The maximum Gasteiger partial charge on any atom is 0.410 e. The number of aryl methyl sites for hydroxylation is 3. The molecule has 6 heterocycles. The molecule has 0 aromatic carbocycles. The molecule has 0 bridgehead atoms. The molecule has 0 spiro atoms. The number of rotatable bonds is 6. The van der Waals surface area contributed by atoms with Crippen molar-refractivity contribution in [3.63, 3.8) is 0 Å². The summed E-state index contributed by atoms with van der Waals surface area (Å²) in [5.74, 6) is -0.0463. The number of hydrogen-bond acceptors (Lipinski definition) is 8. The van der Waals surface area contributed by atoms with Crippen LogP contribution in [0, 0.1) is 19.8 Å². The van der Waals surface area contributed by atoms with E-state index >= 15 is 0 Å². The summed E-state index contributed by atoms with van der Waals surface area (Å²) in [5.41, 5.74) is 5.12. The van der Waals surface area contributed by atoms with Gasteiger partial charge in [-0.1, -0.05) is 0 Å². The molecule has 4 aromatic heterocycles. The number of hydrogen-bond donors (Lipinski definition) is 2. The van der Waals surface area contributed by atoms with Gasteiger partial charge in [-0.2, -0.15) is 10.2 Å². The van der Waals surface area contributed by atoms with Crippen LogP contribution < -0.4 is 10.6 Å². The minimum Gasteiger partial charge on any atom is -0.444 e. The van der Waals surface area contributed by atoms with Crippen LogP contribution in [0.3, 0.4) is 0 Å². The monoisotopic (exact) mass is 592 g/mol. The number of carbonyl (C=O) groups is 3. The second kappa shape index (κ2) is 11.9. The fourth-order valence-corrected chi connectivity index (χ4v) is 6.00. The van der Waals surface area contributed by atoms with E-state index in [-0.39, 0.29) is 17.9 Å². The van der Waals surface area contributed by atoms with Crippen LogP contribution in [0.2, 0.25) is 0 Å². The Labute approximate surface area is 248 Å². The van der Waals surface area contributed by atoms with Crippen LogP contribution >= 0.6 is 11.3 Å². The SMILES string of the molecule is Cc1cnn2cc(-c3cnn4c3CCC4)sc12.Cc1ncc(NC(=O)CC2CN(C(=O)OC(C)(C)C)C2)cc1NC=O. The standard InChI is InChI=1S/C17H24N4O4.C12H12N4S/c1-11-14(19-10-22)6-13(7-18-11)20-15(23)5-12-8-21(9-12)16(24)25-17(2,3)4;1-8-5-13-16-7-11(17-12(8)16)9-6-14-15-4-2-3-10(9)15/h6-7,10,12H,5,8-9H2,1-4H3,(H,19,22)(H,20,23);5-7H,2-4H2,1H3. The molecule has 1 fully saturated rings. The van der Waals surface area contributed by atoms with Crippen LogP contribution in [0.1, 0.15) is 50.6 Å². The van der Waals surface area contributed by atoms with E-state index in [1.54, 1.807) is 29.2 Å². The van der Waals surface area contributed by atoms with Gasteiger partial charge in [0.25, 0.3) is 0 Å². The van der Waals surface area contributed by atoms with Crippen molar-refractivity contribution >= 4 is 46.0 Å². The summed E-state index contributed by atoms with van der Waals surface area (Å²) in [6.07, 6.45) is 10.5. The van der Waals surface area contributed by atoms with Crippen molar-refractivity contribution in [3.05, 3.63) is 47.8 Å². The van der Waals surface area contributed by atoms with Gasteiger partial charge < -0.3 is 20.3 Å². The van der Waals surface area contributed by atoms with Crippen molar-refractivity contribution in [2.24, 2.45) is 5.92 Å². The number of fused-ring (bicyclic) bond motifs is 2. The number of nitrogens with zero attached hydrogens (tertiary/aromatic N) is 6. The highest BCUT2D eigenvalue weighted by molar-refractivity contribution is 7.20. The van der Waals surface area contributed by atoms with Gasteiger partial charge in [-0.25, -0.2) is 9.31 Å². The summed E-state index contributed by atoms with van der Waals surface area (Å²) in [6, 6.07) is 1.66. The molecule has 222 valence electrons. The highest BCUT2D eigenvalue weighted by Crippen LogP contribution is 2.34. The molecule has 0 unspecified atom stereocenters. The quantitative estimate of drug-likeness (QED) is 0.311. The summed E-state index contributed by atoms with van der Waals surface area (Å²) in [4.78, 5) is 42.7. The van der Waals surface area contributed by atoms with Crippen molar-refractivity contribution < 1.29 is 19.1 Å². The van der Waals surface area contributed by atoms with Crippen LogP contribution in [-0.2, 0) is 27.3 Å². The zero-order valence-corrected chi connectivity index (χ0v) is 25.3. The molecule has 1 saturated heterocycles. The van der Waals surface area contributed by atoms with Crippen LogP contribution in [-0.4, -0.2) is 66.4 Å². The second-order valence-corrected chi connectivity index (χ2v) is 12.7. The Bertz CT molecular complexity index is 1610. The van der Waals surface area contributed by atoms with E-state index in [4.69, 9.17) is 4.74 Å².